The zero-order valence-corrected chi connectivity index (χ0v) is 9.62. The van der Waals surface area contributed by atoms with Gasteiger partial charge in [-0.2, -0.15) is 5.26 Å². The zero-order chi connectivity index (χ0) is 11.4. The molecule has 2 aromatic rings. The van der Waals surface area contributed by atoms with E-state index in [1.807, 2.05) is 24.3 Å². The van der Waals surface area contributed by atoms with E-state index in [1.54, 1.807) is 13.3 Å². The van der Waals surface area contributed by atoms with Crippen molar-refractivity contribution >= 4 is 22.7 Å². The van der Waals surface area contributed by atoms with Gasteiger partial charge >= 0.3 is 0 Å². The van der Waals surface area contributed by atoms with Gasteiger partial charge in [0.05, 0.1) is 24.4 Å². The van der Waals surface area contributed by atoms with E-state index in [0.29, 0.717) is 5.75 Å². The summed E-state index contributed by atoms with van der Waals surface area (Å²) in [5, 5.41) is 9.62. The van der Waals surface area contributed by atoms with Gasteiger partial charge in [-0.3, -0.25) is 4.98 Å². The van der Waals surface area contributed by atoms with Gasteiger partial charge in [-0.25, -0.2) is 0 Å². The molecule has 0 atom stereocenters. The van der Waals surface area contributed by atoms with E-state index < -0.39 is 0 Å². The van der Waals surface area contributed by atoms with Crippen LogP contribution in [0.5, 0.6) is 5.75 Å². The number of rotatable bonds is 3. The Bertz CT molecular complexity index is 548. The number of hydrogen-bond donors (Lipinski definition) is 0. The van der Waals surface area contributed by atoms with Crippen LogP contribution in [0.2, 0.25) is 0 Å². The van der Waals surface area contributed by atoms with E-state index in [4.69, 9.17) is 10.00 Å². The summed E-state index contributed by atoms with van der Waals surface area (Å²) in [6, 6.07) is 9.79. The van der Waals surface area contributed by atoms with Crippen LogP contribution < -0.4 is 4.74 Å². The van der Waals surface area contributed by atoms with Crippen molar-refractivity contribution in [2.45, 2.75) is 4.90 Å². The molecule has 1 aromatic carbocycles. The maximum absolute atomic E-state index is 8.59. The molecule has 3 nitrogen and oxygen atoms in total. The van der Waals surface area contributed by atoms with Crippen molar-refractivity contribution in [3.63, 3.8) is 0 Å². The lowest BCUT2D eigenvalue weighted by atomic mass is 10.2. The number of thioether (sulfide) groups is 1. The van der Waals surface area contributed by atoms with Gasteiger partial charge in [0.25, 0.3) is 0 Å². The number of methoxy groups -OCH3 is 1. The fourth-order valence-corrected chi connectivity index (χ4v) is 2.16. The SMILES string of the molecule is COc1ccc2nccc(SCC#N)c2c1. The number of pyridine rings is 1. The molecule has 1 aromatic heterocycles. The van der Waals surface area contributed by atoms with Crippen molar-refractivity contribution in [1.82, 2.24) is 4.98 Å². The van der Waals surface area contributed by atoms with Crippen LogP contribution in [0.3, 0.4) is 0 Å². The fourth-order valence-electron chi connectivity index (χ4n) is 1.46. The number of benzene rings is 1. The molecule has 80 valence electrons. The van der Waals surface area contributed by atoms with Crippen molar-refractivity contribution in [2.24, 2.45) is 0 Å². The van der Waals surface area contributed by atoms with Crippen molar-refractivity contribution in [3.05, 3.63) is 30.5 Å². The molecule has 0 unspecified atom stereocenters. The monoisotopic (exact) mass is 230 g/mol. The van der Waals surface area contributed by atoms with Crippen LogP contribution in [0.4, 0.5) is 0 Å². The Balaban J connectivity index is 2.51. The summed E-state index contributed by atoms with van der Waals surface area (Å²) >= 11 is 1.51. The molecular formula is C12H10N2OS. The van der Waals surface area contributed by atoms with Crippen molar-refractivity contribution in [2.75, 3.05) is 12.9 Å². The smallest absolute Gasteiger partial charge is 0.119 e. The summed E-state index contributed by atoms with van der Waals surface area (Å²) in [7, 11) is 1.64. The van der Waals surface area contributed by atoms with Gasteiger partial charge < -0.3 is 4.74 Å². The molecule has 0 bridgehead atoms. The summed E-state index contributed by atoms with van der Waals surface area (Å²) in [5.41, 5.74) is 0.920. The Morgan fingerprint density at radius 1 is 1.44 bits per heavy atom. The van der Waals surface area contributed by atoms with E-state index in [1.165, 1.54) is 11.8 Å². The first kappa shape index (κ1) is 10.8. The van der Waals surface area contributed by atoms with Crippen molar-refractivity contribution in [3.8, 4) is 11.8 Å². The van der Waals surface area contributed by atoms with E-state index in [2.05, 4.69) is 11.1 Å². The molecule has 0 saturated heterocycles. The largest absolute Gasteiger partial charge is 0.497 e. The highest BCUT2D eigenvalue weighted by Crippen LogP contribution is 2.29. The number of nitriles is 1. The highest BCUT2D eigenvalue weighted by Gasteiger charge is 2.03. The average Bonchev–Trinajstić information content (AvgIpc) is 2.35. The molecule has 0 N–H and O–H groups in total. The predicted octanol–water partition coefficient (Wildman–Crippen LogP) is 2.86. The van der Waals surface area contributed by atoms with Gasteiger partial charge in [-0.1, -0.05) is 0 Å². The Morgan fingerprint density at radius 2 is 2.31 bits per heavy atom. The second-order valence-electron chi connectivity index (χ2n) is 3.14. The molecule has 0 radical (unpaired) electrons. The van der Waals surface area contributed by atoms with E-state index in [0.717, 1.165) is 21.5 Å². The molecular weight excluding hydrogens is 220 g/mol. The van der Waals surface area contributed by atoms with Gasteiger partial charge in [-0.05, 0) is 24.3 Å². The molecule has 0 aliphatic carbocycles. The Hall–Kier alpha value is -1.73. The molecule has 0 amide bonds. The Labute approximate surface area is 98.1 Å². The van der Waals surface area contributed by atoms with Gasteiger partial charge in [0.1, 0.15) is 5.75 Å². The third kappa shape index (κ3) is 2.10. The van der Waals surface area contributed by atoms with Crippen molar-refractivity contribution in [1.29, 1.82) is 5.26 Å². The van der Waals surface area contributed by atoms with Crippen LogP contribution in [0.25, 0.3) is 10.9 Å². The molecule has 16 heavy (non-hydrogen) atoms. The lowest BCUT2D eigenvalue weighted by Crippen LogP contribution is -1.86. The van der Waals surface area contributed by atoms with E-state index in [9.17, 15) is 0 Å². The average molecular weight is 230 g/mol. The van der Waals surface area contributed by atoms with Crippen LogP contribution >= 0.6 is 11.8 Å². The summed E-state index contributed by atoms with van der Waals surface area (Å²) in [4.78, 5) is 5.33. The number of ether oxygens (including phenoxy) is 1. The minimum atomic E-state index is 0.441. The standard InChI is InChI=1S/C12H10N2OS/c1-15-9-2-3-11-10(8-9)12(4-6-14-11)16-7-5-13/h2-4,6,8H,7H2,1H3. The van der Waals surface area contributed by atoms with E-state index >= 15 is 0 Å². The molecule has 0 aliphatic heterocycles. The van der Waals surface area contributed by atoms with E-state index in [-0.39, 0.29) is 0 Å². The number of aromatic nitrogens is 1. The molecule has 1 heterocycles. The zero-order valence-electron chi connectivity index (χ0n) is 8.80. The second-order valence-corrected chi connectivity index (χ2v) is 4.16. The van der Waals surface area contributed by atoms with Crippen LogP contribution in [0.1, 0.15) is 0 Å². The lowest BCUT2D eigenvalue weighted by Gasteiger charge is -2.05. The van der Waals surface area contributed by atoms with Crippen LogP contribution in [0.15, 0.2) is 35.4 Å². The molecule has 0 saturated carbocycles. The first-order chi connectivity index (χ1) is 7.85. The lowest BCUT2D eigenvalue weighted by molar-refractivity contribution is 0.415. The Morgan fingerprint density at radius 3 is 3.06 bits per heavy atom. The molecule has 0 aliphatic rings. The van der Waals surface area contributed by atoms with Crippen LogP contribution in [-0.2, 0) is 0 Å². The minimum Gasteiger partial charge on any atom is -0.497 e. The molecule has 2 rings (SSSR count). The molecule has 0 spiro atoms. The summed E-state index contributed by atoms with van der Waals surface area (Å²) in [5.74, 6) is 1.25. The highest BCUT2D eigenvalue weighted by molar-refractivity contribution is 7.99. The highest BCUT2D eigenvalue weighted by atomic mass is 32.2. The van der Waals surface area contributed by atoms with Gasteiger partial charge in [-0.15, -0.1) is 11.8 Å². The van der Waals surface area contributed by atoms with Crippen LogP contribution in [0, 0.1) is 11.3 Å². The van der Waals surface area contributed by atoms with Crippen molar-refractivity contribution < 1.29 is 4.74 Å². The normalized spacial score (nSPS) is 10.0. The Kier molecular flexibility index (Phi) is 3.28. The summed E-state index contributed by atoms with van der Waals surface area (Å²) < 4.78 is 5.18. The summed E-state index contributed by atoms with van der Waals surface area (Å²) in [6.45, 7) is 0. The van der Waals surface area contributed by atoms with Gasteiger partial charge in [0.2, 0.25) is 0 Å². The minimum absolute atomic E-state index is 0.441. The van der Waals surface area contributed by atoms with Gasteiger partial charge in [0.15, 0.2) is 0 Å². The first-order valence-corrected chi connectivity index (χ1v) is 5.76. The maximum Gasteiger partial charge on any atom is 0.119 e. The number of hydrogen-bond acceptors (Lipinski definition) is 4. The quantitative estimate of drug-likeness (QED) is 0.761. The maximum atomic E-state index is 8.59. The molecule has 4 heteroatoms. The fraction of sp³-hybridized carbons (Fsp3) is 0.167. The van der Waals surface area contributed by atoms with Crippen LogP contribution in [-0.4, -0.2) is 17.8 Å². The summed E-state index contributed by atoms with van der Waals surface area (Å²) in [6.07, 6.45) is 1.76. The molecule has 0 fully saturated rings. The first-order valence-electron chi connectivity index (χ1n) is 4.77. The number of fused-ring (bicyclic) bond motifs is 1. The second kappa shape index (κ2) is 4.86. The third-order valence-corrected chi connectivity index (χ3v) is 3.14. The predicted molar refractivity (Wildman–Crippen MR) is 64.6 cm³/mol. The van der Waals surface area contributed by atoms with Gasteiger partial charge in [0, 0.05) is 16.5 Å². The topological polar surface area (TPSA) is 45.9 Å². The third-order valence-electron chi connectivity index (χ3n) is 2.20. The number of nitrogens with zero attached hydrogens (tertiary/aromatic N) is 2.